The van der Waals surface area contributed by atoms with Gasteiger partial charge in [0, 0.05) is 0 Å². The molecule has 0 aliphatic carbocycles. The third-order valence-corrected chi connectivity index (χ3v) is 4.26. The molecule has 2 unspecified atom stereocenters. The minimum atomic E-state index is 0.414. The van der Waals surface area contributed by atoms with Gasteiger partial charge in [-0.2, -0.15) is 0 Å². The molecule has 0 bridgehead atoms. The smallest absolute Gasteiger partial charge is 0.104 e. The number of hydrogen-bond acceptors (Lipinski definition) is 2. The van der Waals surface area contributed by atoms with E-state index in [1.807, 2.05) is 0 Å². The molecule has 1 aliphatic rings. The van der Waals surface area contributed by atoms with E-state index in [9.17, 15) is 0 Å². The van der Waals surface area contributed by atoms with Gasteiger partial charge in [0.2, 0.25) is 0 Å². The molecule has 20 heavy (non-hydrogen) atoms. The maximum absolute atomic E-state index is 5.87. The first-order chi connectivity index (χ1) is 9.86. The van der Waals surface area contributed by atoms with Crippen molar-refractivity contribution in [2.24, 2.45) is 0 Å². The van der Waals surface area contributed by atoms with Gasteiger partial charge in [-0.3, -0.25) is 0 Å². The zero-order valence-electron chi connectivity index (χ0n) is 13.9. The summed E-state index contributed by atoms with van der Waals surface area (Å²) in [5.74, 6) is 0. The Morgan fingerprint density at radius 2 is 1.45 bits per heavy atom. The minimum absolute atomic E-state index is 0.414. The molecule has 1 aliphatic heterocycles. The number of epoxide rings is 1. The average Bonchev–Trinajstić information content (AvgIpc) is 3.28. The van der Waals surface area contributed by atoms with Crippen LogP contribution in [0.1, 0.15) is 90.9 Å². The molecule has 1 heterocycles. The van der Waals surface area contributed by atoms with Gasteiger partial charge in [-0.25, -0.2) is 0 Å². The topological polar surface area (TPSA) is 21.8 Å². The van der Waals surface area contributed by atoms with Gasteiger partial charge in [0.05, 0.1) is 19.3 Å². The molecule has 1 rings (SSSR count). The van der Waals surface area contributed by atoms with Crippen LogP contribution < -0.4 is 0 Å². The third kappa shape index (κ3) is 10.7. The van der Waals surface area contributed by atoms with Gasteiger partial charge in [0.15, 0.2) is 0 Å². The molecule has 2 atom stereocenters. The first-order valence-electron chi connectivity index (χ1n) is 9.10. The van der Waals surface area contributed by atoms with Gasteiger partial charge in [-0.1, -0.05) is 78.1 Å². The molecule has 1 saturated heterocycles. The maximum atomic E-state index is 5.87. The van der Waals surface area contributed by atoms with Crippen molar-refractivity contribution in [3.8, 4) is 0 Å². The lowest BCUT2D eigenvalue weighted by molar-refractivity contribution is 0.0334. The van der Waals surface area contributed by atoms with Crippen LogP contribution in [-0.2, 0) is 9.47 Å². The largest absolute Gasteiger partial charge is 0.375 e. The highest BCUT2D eigenvalue weighted by Crippen LogP contribution is 2.16. The molecule has 0 aromatic heterocycles. The lowest BCUT2D eigenvalue weighted by atomic mass is 10.0. The summed E-state index contributed by atoms with van der Waals surface area (Å²) in [7, 11) is 0. The highest BCUT2D eigenvalue weighted by molar-refractivity contribution is 4.69. The van der Waals surface area contributed by atoms with E-state index in [0.717, 1.165) is 19.6 Å². The Morgan fingerprint density at radius 3 is 1.95 bits per heavy atom. The quantitative estimate of drug-likeness (QED) is 0.293. The second kappa shape index (κ2) is 12.6. The summed E-state index contributed by atoms with van der Waals surface area (Å²) in [6.07, 6.45) is 17.4. The zero-order valence-corrected chi connectivity index (χ0v) is 13.9. The molecule has 0 amide bonds. The molecular formula is C18H36O2. The van der Waals surface area contributed by atoms with Crippen LogP contribution in [0.4, 0.5) is 0 Å². The molecule has 2 nitrogen and oxygen atoms in total. The van der Waals surface area contributed by atoms with Crippen molar-refractivity contribution < 1.29 is 9.47 Å². The third-order valence-electron chi connectivity index (χ3n) is 4.26. The van der Waals surface area contributed by atoms with Crippen molar-refractivity contribution in [3.63, 3.8) is 0 Å². The monoisotopic (exact) mass is 284 g/mol. The van der Waals surface area contributed by atoms with Crippen molar-refractivity contribution in [3.05, 3.63) is 0 Å². The van der Waals surface area contributed by atoms with Crippen LogP contribution >= 0.6 is 0 Å². The summed E-state index contributed by atoms with van der Waals surface area (Å²) in [6.45, 7) is 6.24. The fourth-order valence-corrected chi connectivity index (χ4v) is 2.67. The lowest BCUT2D eigenvalue weighted by Crippen LogP contribution is -2.15. The Labute approximate surface area is 126 Å². The molecular weight excluding hydrogens is 248 g/mol. The van der Waals surface area contributed by atoms with Crippen LogP contribution in [0, 0.1) is 0 Å². The number of ether oxygens (including phenoxy) is 2. The van der Waals surface area contributed by atoms with Crippen molar-refractivity contribution in [2.45, 2.75) is 103 Å². The SMILES string of the molecule is CCCCCCCCCCCCC(CC)OCC1CO1. The molecule has 120 valence electrons. The van der Waals surface area contributed by atoms with Crippen molar-refractivity contribution >= 4 is 0 Å². The van der Waals surface area contributed by atoms with Crippen LogP contribution in [0.25, 0.3) is 0 Å². The van der Waals surface area contributed by atoms with Crippen LogP contribution in [0.15, 0.2) is 0 Å². The Balaban J connectivity index is 1.78. The molecule has 2 heteroatoms. The second-order valence-corrected chi connectivity index (χ2v) is 6.29. The summed E-state index contributed by atoms with van der Waals surface area (Å²) in [4.78, 5) is 0. The van der Waals surface area contributed by atoms with E-state index < -0.39 is 0 Å². The van der Waals surface area contributed by atoms with E-state index in [1.165, 1.54) is 70.6 Å². The van der Waals surface area contributed by atoms with Crippen molar-refractivity contribution in [1.29, 1.82) is 0 Å². The Morgan fingerprint density at radius 1 is 0.900 bits per heavy atom. The first kappa shape index (κ1) is 18.0. The number of unbranched alkanes of at least 4 members (excludes halogenated alkanes) is 9. The van der Waals surface area contributed by atoms with Crippen LogP contribution in [0.3, 0.4) is 0 Å². The van der Waals surface area contributed by atoms with E-state index in [-0.39, 0.29) is 0 Å². The molecule has 0 aromatic rings. The average molecular weight is 284 g/mol. The summed E-state index contributed by atoms with van der Waals surface area (Å²) in [5, 5.41) is 0. The fourth-order valence-electron chi connectivity index (χ4n) is 2.67. The van der Waals surface area contributed by atoms with Gasteiger partial charge in [-0.05, 0) is 12.8 Å². The summed E-state index contributed by atoms with van der Waals surface area (Å²) in [6, 6.07) is 0. The lowest BCUT2D eigenvalue weighted by Gasteiger charge is -2.15. The molecule has 0 radical (unpaired) electrons. The van der Waals surface area contributed by atoms with Gasteiger partial charge in [0.25, 0.3) is 0 Å². The standard InChI is InChI=1S/C18H36O2/c1-3-5-6-7-8-9-10-11-12-13-14-17(4-2)19-15-18-16-20-18/h17-18H,3-16H2,1-2H3. The molecule has 0 spiro atoms. The minimum Gasteiger partial charge on any atom is -0.375 e. The van der Waals surface area contributed by atoms with E-state index in [0.29, 0.717) is 12.2 Å². The summed E-state index contributed by atoms with van der Waals surface area (Å²) >= 11 is 0. The fraction of sp³-hybridized carbons (Fsp3) is 1.00. The van der Waals surface area contributed by atoms with E-state index in [2.05, 4.69) is 13.8 Å². The number of rotatable bonds is 15. The zero-order chi connectivity index (χ0) is 14.5. The molecule has 0 N–H and O–H groups in total. The van der Waals surface area contributed by atoms with Gasteiger partial charge < -0.3 is 9.47 Å². The van der Waals surface area contributed by atoms with E-state index in [4.69, 9.17) is 9.47 Å². The van der Waals surface area contributed by atoms with Crippen LogP contribution in [0.5, 0.6) is 0 Å². The predicted molar refractivity (Wildman–Crippen MR) is 86.2 cm³/mol. The maximum Gasteiger partial charge on any atom is 0.104 e. The van der Waals surface area contributed by atoms with Crippen LogP contribution in [0.2, 0.25) is 0 Å². The second-order valence-electron chi connectivity index (χ2n) is 6.29. The molecule has 0 saturated carbocycles. The predicted octanol–water partition coefficient (Wildman–Crippen LogP) is 5.49. The van der Waals surface area contributed by atoms with Crippen LogP contribution in [-0.4, -0.2) is 25.4 Å². The Kier molecular flexibility index (Phi) is 11.4. The Bertz CT molecular complexity index is 202. The van der Waals surface area contributed by atoms with Crippen molar-refractivity contribution in [1.82, 2.24) is 0 Å². The molecule has 0 aromatic carbocycles. The first-order valence-corrected chi connectivity index (χ1v) is 9.10. The highest BCUT2D eigenvalue weighted by atomic mass is 16.6. The summed E-state index contributed by atoms with van der Waals surface area (Å²) in [5.41, 5.74) is 0. The summed E-state index contributed by atoms with van der Waals surface area (Å²) < 4.78 is 11.1. The highest BCUT2D eigenvalue weighted by Gasteiger charge is 2.23. The molecule has 1 fully saturated rings. The van der Waals surface area contributed by atoms with Gasteiger partial charge >= 0.3 is 0 Å². The van der Waals surface area contributed by atoms with E-state index in [1.54, 1.807) is 0 Å². The Hall–Kier alpha value is -0.0800. The van der Waals surface area contributed by atoms with Gasteiger partial charge in [-0.15, -0.1) is 0 Å². The number of hydrogen-bond donors (Lipinski definition) is 0. The van der Waals surface area contributed by atoms with Gasteiger partial charge in [0.1, 0.15) is 6.10 Å². The van der Waals surface area contributed by atoms with E-state index >= 15 is 0 Å². The normalized spacial score (nSPS) is 19.2. The van der Waals surface area contributed by atoms with Crippen molar-refractivity contribution in [2.75, 3.05) is 13.2 Å².